The van der Waals surface area contributed by atoms with Crippen LogP contribution in [-0.4, -0.2) is 50.1 Å². The molecule has 1 heterocycles. The maximum atomic E-state index is 13.6. The van der Waals surface area contributed by atoms with Gasteiger partial charge in [0.25, 0.3) is 0 Å². The number of fused-ring (bicyclic) bond motifs is 7. The number of epoxide rings is 1. The Morgan fingerprint density at radius 1 is 0.701 bits per heavy atom. The molecule has 0 spiro atoms. The van der Waals surface area contributed by atoms with Gasteiger partial charge in [-0.15, -0.1) is 0 Å². The van der Waals surface area contributed by atoms with Crippen LogP contribution in [0.4, 0.5) is 0 Å². The van der Waals surface area contributed by atoms with Crippen molar-refractivity contribution in [2.45, 2.75) is 181 Å². The van der Waals surface area contributed by atoms with Crippen molar-refractivity contribution in [1.29, 1.82) is 0 Å². The van der Waals surface area contributed by atoms with Crippen molar-refractivity contribution in [2.24, 2.45) is 52.3 Å². The van der Waals surface area contributed by atoms with Gasteiger partial charge in [-0.1, -0.05) is 103 Å². The Balaban J connectivity index is 0.685. The van der Waals surface area contributed by atoms with Gasteiger partial charge in [0.15, 0.2) is 0 Å². The Labute approximate surface area is 402 Å². The summed E-state index contributed by atoms with van der Waals surface area (Å²) in [6.45, 7) is 15.0. The minimum atomic E-state index is -0.421. The minimum Gasteiger partial charge on any atom is -0.494 e. The Bertz CT molecular complexity index is 2180. The number of benzene rings is 3. The molecule has 5 fully saturated rings. The normalized spacial score (nSPS) is 31.2. The van der Waals surface area contributed by atoms with Crippen LogP contribution < -0.4 is 9.47 Å². The van der Waals surface area contributed by atoms with Crippen molar-refractivity contribution in [1.82, 2.24) is 0 Å². The first-order valence-corrected chi connectivity index (χ1v) is 27.1. The lowest BCUT2D eigenvalue weighted by atomic mass is 9.47. The molecule has 5 aliphatic carbocycles. The quantitative estimate of drug-likeness (QED) is 0.0346. The van der Waals surface area contributed by atoms with E-state index < -0.39 is 5.97 Å². The molecule has 1 aliphatic heterocycles. The van der Waals surface area contributed by atoms with E-state index in [0.717, 1.165) is 104 Å². The molecular formula is C60H82O7. The Kier molecular flexibility index (Phi) is 15.5. The number of allylic oxidation sites excluding steroid dienone is 1. The van der Waals surface area contributed by atoms with E-state index in [0.29, 0.717) is 47.0 Å². The third-order valence-electron chi connectivity index (χ3n) is 18.3. The summed E-state index contributed by atoms with van der Waals surface area (Å²) in [4.78, 5) is 26.7. The second-order valence-electron chi connectivity index (χ2n) is 23.1. The summed E-state index contributed by atoms with van der Waals surface area (Å²) in [6, 6.07) is 18.4. The van der Waals surface area contributed by atoms with Crippen LogP contribution in [0.25, 0.3) is 10.8 Å². The highest BCUT2D eigenvalue weighted by Crippen LogP contribution is 2.67. The van der Waals surface area contributed by atoms with E-state index in [1.165, 1.54) is 89.9 Å². The summed E-state index contributed by atoms with van der Waals surface area (Å²) >= 11 is 0. The van der Waals surface area contributed by atoms with E-state index in [1.807, 2.05) is 42.5 Å². The van der Waals surface area contributed by atoms with Gasteiger partial charge in [-0.2, -0.15) is 0 Å². The molecule has 7 nitrogen and oxygen atoms in total. The molecule has 0 bridgehead atoms. The van der Waals surface area contributed by atoms with E-state index in [4.69, 9.17) is 23.7 Å². The zero-order valence-electron chi connectivity index (χ0n) is 41.7. The van der Waals surface area contributed by atoms with Crippen molar-refractivity contribution in [3.63, 3.8) is 0 Å². The van der Waals surface area contributed by atoms with Crippen LogP contribution in [0.5, 0.6) is 11.5 Å². The standard InChI is InChI=1S/C60H82O7/c1-40(2)13-12-14-41(3)52-26-27-53-51-25-21-47-38-50(29-31-59(47,4)54(51)30-32-60(52,53)5)66-58(62)46-17-16-45-37-49(24-20-44(45)36-46)65-57(61)43-18-22-48(23-19-43)64-34-11-9-7-6-8-10-33-63-39-42-15-28-55-56(35-42)67-55/h16-24,36-37,40-42,50-56H,6-15,25-35,38-39H2,1-5H3/t41-,42?,50+,51+,52-,53+,54+,55?,56?,59+,60-/m1/s1. The van der Waals surface area contributed by atoms with E-state index in [-0.39, 0.29) is 17.5 Å². The molecule has 4 saturated carbocycles. The molecule has 0 amide bonds. The third-order valence-corrected chi connectivity index (χ3v) is 18.3. The molecular weight excluding hydrogens is 833 g/mol. The topological polar surface area (TPSA) is 83.6 Å². The molecule has 0 aromatic heterocycles. The number of esters is 2. The molecule has 9 rings (SSSR count). The number of carbonyl (C=O) groups excluding carboxylic acids is 2. The molecule has 11 atom stereocenters. The average Bonchev–Trinajstić information content (AvgIpc) is 4.01. The zero-order valence-corrected chi connectivity index (χ0v) is 41.7. The molecule has 7 heteroatoms. The van der Waals surface area contributed by atoms with Crippen LogP contribution in [0.15, 0.2) is 72.3 Å². The fourth-order valence-electron chi connectivity index (χ4n) is 14.3. The van der Waals surface area contributed by atoms with Gasteiger partial charge >= 0.3 is 11.9 Å². The second-order valence-corrected chi connectivity index (χ2v) is 23.1. The fraction of sp³-hybridized carbons (Fsp3) is 0.667. The summed E-state index contributed by atoms with van der Waals surface area (Å²) in [7, 11) is 0. The van der Waals surface area contributed by atoms with Crippen LogP contribution in [0.2, 0.25) is 0 Å². The number of rotatable bonds is 21. The van der Waals surface area contributed by atoms with Crippen molar-refractivity contribution < 1.29 is 33.3 Å². The summed E-state index contributed by atoms with van der Waals surface area (Å²) in [5.41, 5.74) is 3.28. The van der Waals surface area contributed by atoms with E-state index >= 15 is 0 Å². The van der Waals surface area contributed by atoms with E-state index in [1.54, 1.807) is 23.8 Å². The first kappa shape index (κ1) is 48.3. The molecule has 364 valence electrons. The molecule has 0 radical (unpaired) electrons. The molecule has 0 N–H and O–H groups in total. The fourth-order valence-corrected chi connectivity index (χ4v) is 14.3. The summed E-state index contributed by atoms with van der Waals surface area (Å²) in [5.74, 6) is 6.12. The van der Waals surface area contributed by atoms with Gasteiger partial charge in [-0.3, -0.25) is 0 Å². The maximum absolute atomic E-state index is 13.6. The van der Waals surface area contributed by atoms with E-state index in [2.05, 4.69) is 40.7 Å². The van der Waals surface area contributed by atoms with Crippen molar-refractivity contribution in [3.8, 4) is 11.5 Å². The van der Waals surface area contributed by atoms with Crippen LogP contribution in [0.3, 0.4) is 0 Å². The highest BCUT2D eigenvalue weighted by Gasteiger charge is 2.59. The predicted octanol–water partition coefficient (Wildman–Crippen LogP) is 14.9. The largest absolute Gasteiger partial charge is 0.494 e. The molecule has 3 aromatic carbocycles. The van der Waals surface area contributed by atoms with Gasteiger partial charge in [-0.25, -0.2) is 9.59 Å². The highest BCUT2D eigenvalue weighted by atomic mass is 16.6. The zero-order chi connectivity index (χ0) is 46.5. The summed E-state index contributed by atoms with van der Waals surface area (Å²) in [6.07, 6.45) is 28.0. The maximum Gasteiger partial charge on any atom is 0.343 e. The number of hydrogen-bond donors (Lipinski definition) is 0. The van der Waals surface area contributed by atoms with Gasteiger partial charge < -0.3 is 23.7 Å². The SMILES string of the molecule is CC(C)CCC[C@@H](C)[C@H]1CC[C@H]2[C@@H]3CC=C4C[C@@H](OC(=O)c5ccc6cc(OC(=O)c7ccc(OCCCCCCCCOCC8CCC9OC9C8)cc7)ccc6c5)CC[C@]4(C)[C@H]3CC[C@]12C. The van der Waals surface area contributed by atoms with Crippen LogP contribution in [0, 0.1) is 52.3 Å². The molecule has 3 aromatic rings. The van der Waals surface area contributed by atoms with Crippen molar-refractivity contribution >= 4 is 22.7 Å². The first-order valence-electron chi connectivity index (χ1n) is 27.1. The highest BCUT2D eigenvalue weighted by molar-refractivity contribution is 5.96. The van der Waals surface area contributed by atoms with Crippen molar-refractivity contribution in [3.05, 3.63) is 83.4 Å². The Morgan fingerprint density at radius 2 is 1.45 bits per heavy atom. The second kappa shape index (κ2) is 21.5. The van der Waals surface area contributed by atoms with Gasteiger partial charge in [0.05, 0.1) is 29.9 Å². The lowest BCUT2D eigenvalue weighted by Gasteiger charge is -2.58. The predicted molar refractivity (Wildman–Crippen MR) is 268 cm³/mol. The molecule has 3 unspecified atom stereocenters. The number of ether oxygens (including phenoxy) is 5. The smallest absolute Gasteiger partial charge is 0.343 e. The Morgan fingerprint density at radius 3 is 2.25 bits per heavy atom. The van der Waals surface area contributed by atoms with Crippen LogP contribution in [0.1, 0.15) is 184 Å². The van der Waals surface area contributed by atoms with Crippen molar-refractivity contribution in [2.75, 3.05) is 19.8 Å². The number of hydrogen-bond acceptors (Lipinski definition) is 7. The van der Waals surface area contributed by atoms with Gasteiger partial charge in [0.1, 0.15) is 17.6 Å². The number of carbonyl (C=O) groups is 2. The van der Waals surface area contributed by atoms with Gasteiger partial charge in [0.2, 0.25) is 0 Å². The molecule has 67 heavy (non-hydrogen) atoms. The monoisotopic (exact) mass is 915 g/mol. The van der Waals surface area contributed by atoms with Crippen LogP contribution >= 0.6 is 0 Å². The van der Waals surface area contributed by atoms with Gasteiger partial charge in [-0.05, 0) is 189 Å². The van der Waals surface area contributed by atoms with Crippen LogP contribution in [-0.2, 0) is 14.2 Å². The van der Waals surface area contributed by atoms with E-state index in [9.17, 15) is 9.59 Å². The lowest BCUT2D eigenvalue weighted by molar-refractivity contribution is -0.0594. The third kappa shape index (κ3) is 11.4. The average molecular weight is 915 g/mol. The molecule has 6 aliphatic rings. The summed E-state index contributed by atoms with van der Waals surface area (Å²) < 4.78 is 29.6. The molecule has 1 saturated heterocycles. The van der Waals surface area contributed by atoms with Gasteiger partial charge in [0, 0.05) is 19.6 Å². The minimum absolute atomic E-state index is 0.0909. The number of unbranched alkanes of at least 4 members (excludes halogenated alkanes) is 5. The lowest BCUT2D eigenvalue weighted by Crippen LogP contribution is -2.51. The Hall–Kier alpha value is -3.68. The first-order chi connectivity index (χ1) is 32.5. The summed E-state index contributed by atoms with van der Waals surface area (Å²) in [5, 5.41) is 1.79.